The summed E-state index contributed by atoms with van der Waals surface area (Å²) in [4.78, 5) is 0. The number of aliphatic hydroxyl groups is 1. The summed E-state index contributed by atoms with van der Waals surface area (Å²) in [5.41, 5.74) is 0.968. The van der Waals surface area contributed by atoms with Gasteiger partial charge < -0.3 is 15.2 Å². The maximum absolute atomic E-state index is 9.89. The second kappa shape index (κ2) is 5.21. The van der Waals surface area contributed by atoms with Gasteiger partial charge in [0.2, 0.25) is 0 Å². The predicted molar refractivity (Wildman–Crippen MR) is 64.9 cm³/mol. The molecule has 1 aliphatic rings. The summed E-state index contributed by atoms with van der Waals surface area (Å²) in [7, 11) is 1.66. The van der Waals surface area contributed by atoms with E-state index >= 15 is 0 Å². The first-order chi connectivity index (χ1) is 7.81. The van der Waals surface area contributed by atoms with Gasteiger partial charge in [0.1, 0.15) is 5.75 Å². The molecule has 3 heteroatoms. The average Bonchev–Trinajstić information content (AvgIpc) is 2.33. The van der Waals surface area contributed by atoms with Crippen LogP contribution in [-0.4, -0.2) is 24.4 Å². The number of methoxy groups -OCH3 is 1. The third-order valence-corrected chi connectivity index (χ3v) is 3.18. The van der Waals surface area contributed by atoms with Gasteiger partial charge >= 0.3 is 0 Å². The zero-order valence-corrected chi connectivity index (χ0v) is 9.65. The lowest BCUT2D eigenvalue weighted by Gasteiger charge is -2.29. The van der Waals surface area contributed by atoms with E-state index in [-0.39, 0.29) is 12.1 Å². The topological polar surface area (TPSA) is 41.5 Å². The van der Waals surface area contributed by atoms with E-state index in [0.717, 1.165) is 30.7 Å². The SMILES string of the molecule is COc1ccccc1N[C@@H]1CCCC[C@H]1O. The first kappa shape index (κ1) is 11.3. The van der Waals surface area contributed by atoms with Crippen LogP contribution in [0.25, 0.3) is 0 Å². The number of nitrogens with one attached hydrogen (secondary N) is 1. The van der Waals surface area contributed by atoms with Gasteiger partial charge in [0, 0.05) is 0 Å². The molecule has 88 valence electrons. The molecule has 0 unspecified atom stereocenters. The van der Waals surface area contributed by atoms with Crippen LogP contribution in [0.15, 0.2) is 24.3 Å². The molecule has 3 nitrogen and oxygen atoms in total. The third-order valence-electron chi connectivity index (χ3n) is 3.18. The Morgan fingerprint density at radius 1 is 1.25 bits per heavy atom. The van der Waals surface area contributed by atoms with Crippen molar-refractivity contribution in [2.24, 2.45) is 0 Å². The van der Waals surface area contributed by atoms with Crippen LogP contribution in [0.1, 0.15) is 25.7 Å². The van der Waals surface area contributed by atoms with Gasteiger partial charge in [0.25, 0.3) is 0 Å². The molecule has 0 radical (unpaired) electrons. The molecule has 2 N–H and O–H groups in total. The van der Waals surface area contributed by atoms with Crippen molar-refractivity contribution >= 4 is 5.69 Å². The standard InChI is InChI=1S/C13H19NO2/c1-16-13-9-5-3-7-11(13)14-10-6-2-4-8-12(10)15/h3,5,7,9-10,12,14-15H,2,4,6,8H2,1H3/t10-,12-/m1/s1. The lowest BCUT2D eigenvalue weighted by Crippen LogP contribution is -2.36. The summed E-state index contributed by atoms with van der Waals surface area (Å²) in [6, 6.07) is 7.99. The van der Waals surface area contributed by atoms with E-state index in [2.05, 4.69) is 5.32 Å². The van der Waals surface area contributed by atoms with E-state index in [4.69, 9.17) is 4.74 Å². The number of anilines is 1. The lowest BCUT2D eigenvalue weighted by atomic mass is 9.92. The van der Waals surface area contributed by atoms with E-state index in [1.54, 1.807) is 7.11 Å². The quantitative estimate of drug-likeness (QED) is 0.823. The fourth-order valence-corrected chi connectivity index (χ4v) is 2.24. The summed E-state index contributed by atoms with van der Waals surface area (Å²) in [6.45, 7) is 0. The first-order valence-electron chi connectivity index (χ1n) is 5.89. The molecule has 0 bridgehead atoms. The van der Waals surface area contributed by atoms with Crippen LogP contribution in [-0.2, 0) is 0 Å². The fourth-order valence-electron chi connectivity index (χ4n) is 2.24. The molecular weight excluding hydrogens is 202 g/mol. The Morgan fingerprint density at radius 3 is 2.75 bits per heavy atom. The Balaban J connectivity index is 2.07. The van der Waals surface area contributed by atoms with E-state index < -0.39 is 0 Å². The van der Waals surface area contributed by atoms with Crippen LogP contribution < -0.4 is 10.1 Å². The van der Waals surface area contributed by atoms with Crippen molar-refractivity contribution in [2.45, 2.75) is 37.8 Å². The number of rotatable bonds is 3. The molecule has 1 fully saturated rings. The summed E-state index contributed by atoms with van der Waals surface area (Å²) in [5.74, 6) is 0.834. The molecule has 0 aliphatic heterocycles. The normalized spacial score (nSPS) is 25.1. The van der Waals surface area contributed by atoms with Gasteiger partial charge in [-0.1, -0.05) is 25.0 Å². The van der Waals surface area contributed by atoms with Gasteiger partial charge in [-0.2, -0.15) is 0 Å². The number of para-hydroxylation sites is 2. The largest absolute Gasteiger partial charge is 0.495 e. The number of hydrogen-bond donors (Lipinski definition) is 2. The maximum atomic E-state index is 9.89. The minimum Gasteiger partial charge on any atom is -0.495 e. The molecule has 0 aromatic heterocycles. The summed E-state index contributed by atoms with van der Waals surface area (Å²) < 4.78 is 5.28. The molecule has 0 amide bonds. The van der Waals surface area contributed by atoms with E-state index in [1.165, 1.54) is 6.42 Å². The summed E-state index contributed by atoms with van der Waals surface area (Å²) >= 11 is 0. The van der Waals surface area contributed by atoms with Gasteiger partial charge in [-0.15, -0.1) is 0 Å². The molecular formula is C13H19NO2. The van der Waals surface area contributed by atoms with E-state index in [9.17, 15) is 5.11 Å². The number of benzene rings is 1. The van der Waals surface area contributed by atoms with Crippen molar-refractivity contribution in [3.05, 3.63) is 24.3 Å². The van der Waals surface area contributed by atoms with Gasteiger partial charge in [-0.25, -0.2) is 0 Å². The molecule has 0 heterocycles. The fraction of sp³-hybridized carbons (Fsp3) is 0.538. The first-order valence-corrected chi connectivity index (χ1v) is 5.89. The summed E-state index contributed by atoms with van der Waals surface area (Å²) in [6.07, 6.45) is 4.00. The maximum Gasteiger partial charge on any atom is 0.141 e. The summed E-state index contributed by atoms with van der Waals surface area (Å²) in [5, 5.41) is 13.3. The molecule has 1 aliphatic carbocycles. The molecule has 2 atom stereocenters. The number of ether oxygens (including phenoxy) is 1. The molecule has 2 rings (SSSR count). The Kier molecular flexibility index (Phi) is 3.67. The molecule has 1 saturated carbocycles. The van der Waals surface area contributed by atoms with Crippen LogP contribution in [0.4, 0.5) is 5.69 Å². The van der Waals surface area contributed by atoms with Crippen LogP contribution >= 0.6 is 0 Å². The predicted octanol–water partition coefficient (Wildman–Crippen LogP) is 2.41. The van der Waals surface area contributed by atoms with Crippen LogP contribution in [0.5, 0.6) is 5.75 Å². The number of hydrogen-bond acceptors (Lipinski definition) is 3. The highest BCUT2D eigenvalue weighted by atomic mass is 16.5. The molecule has 1 aromatic rings. The second-order valence-corrected chi connectivity index (χ2v) is 4.30. The monoisotopic (exact) mass is 221 g/mol. The van der Waals surface area contributed by atoms with Crippen molar-refractivity contribution in [3.63, 3.8) is 0 Å². The molecule has 1 aromatic carbocycles. The average molecular weight is 221 g/mol. The van der Waals surface area contributed by atoms with E-state index in [1.807, 2.05) is 24.3 Å². The van der Waals surface area contributed by atoms with Crippen molar-refractivity contribution in [3.8, 4) is 5.75 Å². The van der Waals surface area contributed by atoms with Crippen molar-refractivity contribution < 1.29 is 9.84 Å². The van der Waals surface area contributed by atoms with Crippen LogP contribution in [0.3, 0.4) is 0 Å². The Hall–Kier alpha value is -1.22. The zero-order valence-electron chi connectivity index (χ0n) is 9.65. The number of aliphatic hydroxyl groups excluding tert-OH is 1. The second-order valence-electron chi connectivity index (χ2n) is 4.30. The van der Waals surface area contributed by atoms with Crippen molar-refractivity contribution in [2.75, 3.05) is 12.4 Å². The zero-order chi connectivity index (χ0) is 11.4. The van der Waals surface area contributed by atoms with Gasteiger partial charge in [-0.3, -0.25) is 0 Å². The highest BCUT2D eigenvalue weighted by molar-refractivity contribution is 5.56. The van der Waals surface area contributed by atoms with Gasteiger partial charge in [0.15, 0.2) is 0 Å². The Morgan fingerprint density at radius 2 is 2.00 bits per heavy atom. The minimum absolute atomic E-state index is 0.157. The highest BCUT2D eigenvalue weighted by Gasteiger charge is 2.23. The molecule has 16 heavy (non-hydrogen) atoms. The Labute approximate surface area is 96.4 Å². The highest BCUT2D eigenvalue weighted by Crippen LogP contribution is 2.28. The lowest BCUT2D eigenvalue weighted by molar-refractivity contribution is 0.116. The van der Waals surface area contributed by atoms with E-state index in [0.29, 0.717) is 0 Å². The molecule has 0 spiro atoms. The minimum atomic E-state index is -0.237. The third kappa shape index (κ3) is 2.47. The molecule has 0 saturated heterocycles. The Bertz CT molecular complexity index is 340. The smallest absolute Gasteiger partial charge is 0.141 e. The van der Waals surface area contributed by atoms with Gasteiger partial charge in [0.05, 0.1) is 24.9 Å². The van der Waals surface area contributed by atoms with Crippen molar-refractivity contribution in [1.29, 1.82) is 0 Å². The van der Waals surface area contributed by atoms with Crippen molar-refractivity contribution in [1.82, 2.24) is 0 Å². The van der Waals surface area contributed by atoms with Crippen LogP contribution in [0, 0.1) is 0 Å². The van der Waals surface area contributed by atoms with Crippen LogP contribution in [0.2, 0.25) is 0 Å². The van der Waals surface area contributed by atoms with Gasteiger partial charge in [-0.05, 0) is 25.0 Å².